The number of aromatic nitrogens is 1. The topological polar surface area (TPSA) is 59.2 Å². The van der Waals surface area contributed by atoms with Crippen molar-refractivity contribution in [3.63, 3.8) is 0 Å². The highest BCUT2D eigenvalue weighted by Crippen LogP contribution is 2.22. The van der Waals surface area contributed by atoms with E-state index in [-0.39, 0.29) is 17.7 Å². The zero-order valence-corrected chi connectivity index (χ0v) is 12.5. The lowest BCUT2D eigenvalue weighted by molar-refractivity contribution is -0.147. The number of hydrogen-bond acceptors (Lipinski definition) is 3. The SMILES string of the molecule is C[C@@H](OC(=O)C[C@H]1C=CCC1)C(=O)c1c[nH]c2ccccc12. The summed E-state index contributed by atoms with van der Waals surface area (Å²) < 4.78 is 5.31. The van der Waals surface area contributed by atoms with E-state index in [0.717, 1.165) is 23.7 Å². The predicted molar refractivity (Wildman–Crippen MR) is 84.7 cm³/mol. The quantitative estimate of drug-likeness (QED) is 0.521. The number of para-hydroxylation sites is 1. The average Bonchev–Trinajstić information content (AvgIpc) is 3.15. The molecule has 3 rings (SSSR count). The number of rotatable bonds is 5. The van der Waals surface area contributed by atoms with Crippen LogP contribution < -0.4 is 0 Å². The second kappa shape index (κ2) is 6.18. The Morgan fingerprint density at radius 2 is 2.18 bits per heavy atom. The fraction of sp³-hybridized carbons (Fsp3) is 0.333. The third-order valence-corrected chi connectivity index (χ3v) is 4.07. The zero-order valence-electron chi connectivity index (χ0n) is 12.5. The van der Waals surface area contributed by atoms with Gasteiger partial charge >= 0.3 is 5.97 Å². The molecule has 114 valence electrons. The number of ether oxygens (including phenoxy) is 1. The van der Waals surface area contributed by atoms with Crippen molar-refractivity contribution in [3.05, 3.63) is 48.2 Å². The second-order valence-corrected chi connectivity index (χ2v) is 5.71. The maximum Gasteiger partial charge on any atom is 0.307 e. The van der Waals surface area contributed by atoms with Gasteiger partial charge in [0, 0.05) is 22.7 Å². The number of hydrogen-bond donors (Lipinski definition) is 1. The Labute approximate surface area is 129 Å². The van der Waals surface area contributed by atoms with Gasteiger partial charge in [-0.05, 0) is 31.7 Å². The molecule has 0 aliphatic heterocycles. The highest BCUT2D eigenvalue weighted by molar-refractivity contribution is 6.10. The Morgan fingerprint density at radius 1 is 1.36 bits per heavy atom. The smallest absolute Gasteiger partial charge is 0.307 e. The van der Waals surface area contributed by atoms with E-state index >= 15 is 0 Å². The van der Waals surface area contributed by atoms with Crippen LogP contribution in [0.2, 0.25) is 0 Å². The molecular formula is C18H19NO3. The molecule has 1 N–H and O–H groups in total. The van der Waals surface area contributed by atoms with E-state index in [9.17, 15) is 9.59 Å². The van der Waals surface area contributed by atoms with Crippen LogP contribution in [-0.2, 0) is 9.53 Å². The first-order valence-corrected chi connectivity index (χ1v) is 7.61. The Morgan fingerprint density at radius 3 is 2.95 bits per heavy atom. The van der Waals surface area contributed by atoms with Crippen molar-refractivity contribution >= 4 is 22.7 Å². The summed E-state index contributed by atoms with van der Waals surface area (Å²) in [4.78, 5) is 27.5. The molecular weight excluding hydrogens is 278 g/mol. The van der Waals surface area contributed by atoms with Crippen LogP contribution in [0.1, 0.15) is 36.5 Å². The summed E-state index contributed by atoms with van der Waals surface area (Å²) in [7, 11) is 0. The van der Waals surface area contributed by atoms with Gasteiger partial charge in [-0.2, -0.15) is 0 Å². The number of Topliss-reactive ketones (excluding diaryl/α,β-unsaturated/α-hetero) is 1. The van der Waals surface area contributed by atoms with Crippen molar-refractivity contribution in [2.45, 2.75) is 32.3 Å². The van der Waals surface area contributed by atoms with Crippen LogP contribution in [0.4, 0.5) is 0 Å². The van der Waals surface area contributed by atoms with Crippen molar-refractivity contribution < 1.29 is 14.3 Å². The number of nitrogens with one attached hydrogen (secondary N) is 1. The van der Waals surface area contributed by atoms with Crippen LogP contribution in [0.5, 0.6) is 0 Å². The van der Waals surface area contributed by atoms with Gasteiger partial charge in [-0.25, -0.2) is 0 Å². The van der Waals surface area contributed by atoms with Crippen LogP contribution in [0, 0.1) is 5.92 Å². The molecule has 0 spiro atoms. The first kappa shape index (κ1) is 14.6. The molecule has 2 aromatic rings. The van der Waals surface area contributed by atoms with Gasteiger partial charge < -0.3 is 9.72 Å². The first-order valence-electron chi connectivity index (χ1n) is 7.61. The van der Waals surface area contributed by atoms with Crippen molar-refractivity contribution in [1.29, 1.82) is 0 Å². The molecule has 1 aromatic heterocycles. The summed E-state index contributed by atoms with van der Waals surface area (Å²) >= 11 is 0. The molecule has 2 atom stereocenters. The average molecular weight is 297 g/mol. The van der Waals surface area contributed by atoms with E-state index in [1.807, 2.05) is 30.3 Å². The van der Waals surface area contributed by atoms with Crippen LogP contribution in [0.25, 0.3) is 10.9 Å². The standard InChI is InChI=1S/C18H19NO3/c1-12(22-17(20)10-13-6-2-3-7-13)18(21)15-11-19-16-9-5-4-8-14(15)16/h2,4-6,8-9,11-13,19H,3,7,10H2,1H3/t12-,13+/m1/s1. The Kier molecular flexibility index (Phi) is 4.09. The van der Waals surface area contributed by atoms with Gasteiger partial charge in [0.05, 0.1) is 6.42 Å². The second-order valence-electron chi connectivity index (χ2n) is 5.71. The summed E-state index contributed by atoms with van der Waals surface area (Å²) in [6.07, 6.45) is 7.39. The molecule has 0 bridgehead atoms. The molecule has 1 aromatic carbocycles. The number of carbonyl (C=O) groups excluding carboxylic acids is 2. The van der Waals surface area contributed by atoms with Gasteiger partial charge in [0.25, 0.3) is 0 Å². The van der Waals surface area contributed by atoms with E-state index < -0.39 is 6.10 Å². The van der Waals surface area contributed by atoms with Gasteiger partial charge in [0.2, 0.25) is 5.78 Å². The molecule has 1 aliphatic rings. The monoisotopic (exact) mass is 297 g/mol. The van der Waals surface area contributed by atoms with Crippen LogP contribution in [0.3, 0.4) is 0 Å². The number of fused-ring (bicyclic) bond motifs is 1. The van der Waals surface area contributed by atoms with E-state index in [1.165, 1.54) is 0 Å². The maximum atomic E-state index is 12.5. The van der Waals surface area contributed by atoms with E-state index in [2.05, 4.69) is 11.1 Å². The molecule has 0 unspecified atom stereocenters. The van der Waals surface area contributed by atoms with Crippen molar-refractivity contribution in [2.24, 2.45) is 5.92 Å². The molecule has 0 amide bonds. The van der Waals surface area contributed by atoms with Gasteiger partial charge in [-0.15, -0.1) is 0 Å². The highest BCUT2D eigenvalue weighted by Gasteiger charge is 2.23. The predicted octanol–water partition coefficient (Wildman–Crippen LogP) is 3.64. The van der Waals surface area contributed by atoms with Gasteiger partial charge in [0.1, 0.15) is 0 Å². The largest absolute Gasteiger partial charge is 0.454 e. The Hall–Kier alpha value is -2.36. The number of allylic oxidation sites excluding steroid dienone is 2. The van der Waals surface area contributed by atoms with Gasteiger partial charge in [-0.1, -0.05) is 30.4 Å². The minimum absolute atomic E-state index is 0.173. The molecule has 0 saturated heterocycles. The van der Waals surface area contributed by atoms with Crippen LogP contribution in [-0.4, -0.2) is 22.8 Å². The number of esters is 1. The third kappa shape index (κ3) is 2.96. The first-order chi connectivity index (χ1) is 10.6. The number of carbonyl (C=O) groups is 2. The summed E-state index contributed by atoms with van der Waals surface area (Å²) in [5.74, 6) is -0.229. The lowest BCUT2D eigenvalue weighted by Gasteiger charge is -2.13. The molecule has 1 aliphatic carbocycles. The Balaban J connectivity index is 1.66. The summed E-state index contributed by atoms with van der Waals surface area (Å²) in [5, 5.41) is 0.856. The van der Waals surface area contributed by atoms with Crippen molar-refractivity contribution in [2.75, 3.05) is 0 Å². The fourth-order valence-corrected chi connectivity index (χ4v) is 2.87. The van der Waals surface area contributed by atoms with Crippen molar-refractivity contribution in [3.8, 4) is 0 Å². The number of H-pyrrole nitrogens is 1. The van der Waals surface area contributed by atoms with Crippen LogP contribution >= 0.6 is 0 Å². The van der Waals surface area contributed by atoms with Gasteiger partial charge in [-0.3, -0.25) is 9.59 Å². The summed E-state index contributed by atoms with van der Waals surface area (Å²) in [5.41, 5.74) is 1.47. The minimum atomic E-state index is -0.767. The molecule has 0 fully saturated rings. The zero-order chi connectivity index (χ0) is 15.5. The lowest BCUT2D eigenvalue weighted by atomic mass is 10.0. The maximum absolute atomic E-state index is 12.5. The minimum Gasteiger partial charge on any atom is -0.454 e. The summed E-state index contributed by atoms with van der Waals surface area (Å²) in [6, 6.07) is 7.59. The van der Waals surface area contributed by atoms with Crippen LogP contribution in [0.15, 0.2) is 42.6 Å². The number of benzene rings is 1. The normalized spacial score (nSPS) is 18.5. The lowest BCUT2D eigenvalue weighted by Crippen LogP contribution is -2.25. The van der Waals surface area contributed by atoms with Gasteiger partial charge in [0.15, 0.2) is 6.10 Å². The Bertz CT molecular complexity index is 729. The number of aromatic amines is 1. The fourth-order valence-electron chi connectivity index (χ4n) is 2.87. The molecule has 22 heavy (non-hydrogen) atoms. The van der Waals surface area contributed by atoms with E-state index in [0.29, 0.717) is 12.0 Å². The highest BCUT2D eigenvalue weighted by atomic mass is 16.5. The van der Waals surface area contributed by atoms with E-state index in [1.54, 1.807) is 13.1 Å². The summed E-state index contributed by atoms with van der Waals surface area (Å²) in [6.45, 7) is 1.63. The molecule has 4 heteroatoms. The van der Waals surface area contributed by atoms with Crippen molar-refractivity contribution in [1.82, 2.24) is 4.98 Å². The van der Waals surface area contributed by atoms with E-state index in [4.69, 9.17) is 4.74 Å². The molecule has 0 saturated carbocycles. The third-order valence-electron chi connectivity index (χ3n) is 4.07. The molecule has 0 radical (unpaired) electrons. The molecule has 4 nitrogen and oxygen atoms in total. The number of ketones is 1. The molecule has 1 heterocycles.